The van der Waals surface area contributed by atoms with Gasteiger partial charge in [-0.25, -0.2) is 0 Å². The Balaban J connectivity index is 1.92. The molecule has 6 heteroatoms. The van der Waals surface area contributed by atoms with E-state index in [0.29, 0.717) is 11.9 Å². The van der Waals surface area contributed by atoms with Crippen molar-refractivity contribution in [1.82, 2.24) is 14.7 Å². The predicted molar refractivity (Wildman–Crippen MR) is 63.6 cm³/mol. The minimum atomic E-state index is -0.758. The van der Waals surface area contributed by atoms with Crippen LogP contribution < -0.4 is 5.73 Å². The highest BCUT2D eigenvalue weighted by Gasteiger charge is 2.27. The summed E-state index contributed by atoms with van der Waals surface area (Å²) in [6.07, 6.45) is 3.72. The van der Waals surface area contributed by atoms with Gasteiger partial charge >= 0.3 is 5.97 Å². The van der Waals surface area contributed by atoms with Crippen molar-refractivity contribution >= 4 is 11.8 Å². The van der Waals surface area contributed by atoms with Gasteiger partial charge in [0.25, 0.3) is 0 Å². The number of hydrogen-bond acceptors (Lipinski definition) is 4. The molecule has 1 saturated heterocycles. The number of rotatable bonds is 3. The first kappa shape index (κ1) is 11.9. The lowest BCUT2D eigenvalue weighted by Crippen LogP contribution is -2.44. The molecule has 94 valence electrons. The van der Waals surface area contributed by atoms with Gasteiger partial charge in [-0.05, 0) is 25.8 Å². The quantitative estimate of drug-likeness (QED) is 0.804. The Hall–Kier alpha value is -1.56. The molecule has 1 aliphatic rings. The van der Waals surface area contributed by atoms with Crippen molar-refractivity contribution in [2.75, 3.05) is 18.8 Å². The number of anilines is 1. The first-order valence-electron chi connectivity index (χ1n) is 5.85. The van der Waals surface area contributed by atoms with E-state index >= 15 is 0 Å². The first-order valence-corrected chi connectivity index (χ1v) is 5.85. The molecular weight excluding hydrogens is 220 g/mol. The van der Waals surface area contributed by atoms with E-state index in [-0.39, 0.29) is 0 Å². The van der Waals surface area contributed by atoms with E-state index in [1.54, 1.807) is 13.0 Å². The highest BCUT2D eigenvalue weighted by atomic mass is 16.4. The molecule has 1 unspecified atom stereocenters. The zero-order valence-electron chi connectivity index (χ0n) is 9.91. The van der Waals surface area contributed by atoms with Crippen LogP contribution in [0.5, 0.6) is 0 Å². The Morgan fingerprint density at radius 2 is 2.24 bits per heavy atom. The Kier molecular flexibility index (Phi) is 3.33. The first-order chi connectivity index (χ1) is 8.08. The second-order valence-electron chi connectivity index (χ2n) is 4.50. The van der Waals surface area contributed by atoms with E-state index < -0.39 is 12.0 Å². The molecule has 0 aliphatic carbocycles. The number of likely N-dealkylation sites (tertiary alicyclic amines) is 1. The van der Waals surface area contributed by atoms with Gasteiger partial charge in [-0.3, -0.25) is 14.4 Å². The fourth-order valence-electron chi connectivity index (χ4n) is 2.25. The maximum atomic E-state index is 10.9. The van der Waals surface area contributed by atoms with Gasteiger partial charge in [0, 0.05) is 19.3 Å². The monoisotopic (exact) mass is 238 g/mol. The summed E-state index contributed by atoms with van der Waals surface area (Å²) in [6, 6.07) is 1.72. The number of nitrogen functional groups attached to an aromatic ring is 1. The van der Waals surface area contributed by atoms with Crippen LogP contribution in [0.15, 0.2) is 12.3 Å². The summed E-state index contributed by atoms with van der Waals surface area (Å²) in [5.74, 6) is -0.224. The number of aliphatic carboxylic acids is 1. The van der Waals surface area contributed by atoms with Crippen molar-refractivity contribution in [2.24, 2.45) is 0 Å². The van der Waals surface area contributed by atoms with E-state index in [1.807, 2.05) is 15.8 Å². The van der Waals surface area contributed by atoms with Gasteiger partial charge in [0.1, 0.15) is 11.9 Å². The number of nitrogens with zero attached hydrogens (tertiary/aromatic N) is 3. The van der Waals surface area contributed by atoms with Crippen molar-refractivity contribution in [3.05, 3.63) is 12.3 Å². The largest absolute Gasteiger partial charge is 0.480 e. The van der Waals surface area contributed by atoms with Gasteiger partial charge in [0.15, 0.2) is 0 Å². The third-order valence-electron chi connectivity index (χ3n) is 3.41. The van der Waals surface area contributed by atoms with Gasteiger partial charge in [0.05, 0.1) is 6.04 Å². The summed E-state index contributed by atoms with van der Waals surface area (Å²) in [7, 11) is 0. The summed E-state index contributed by atoms with van der Waals surface area (Å²) >= 11 is 0. The Morgan fingerprint density at radius 3 is 2.71 bits per heavy atom. The zero-order chi connectivity index (χ0) is 12.4. The van der Waals surface area contributed by atoms with Crippen LogP contribution in [0.25, 0.3) is 0 Å². The van der Waals surface area contributed by atoms with Crippen molar-refractivity contribution in [3.63, 3.8) is 0 Å². The second-order valence-corrected chi connectivity index (χ2v) is 4.50. The molecule has 6 nitrogen and oxygen atoms in total. The molecule has 0 aromatic carbocycles. The number of carboxylic acids is 1. The van der Waals surface area contributed by atoms with E-state index in [0.717, 1.165) is 25.9 Å². The number of hydrogen-bond donors (Lipinski definition) is 2. The van der Waals surface area contributed by atoms with E-state index in [9.17, 15) is 4.79 Å². The van der Waals surface area contributed by atoms with Crippen molar-refractivity contribution in [3.8, 4) is 0 Å². The summed E-state index contributed by atoms with van der Waals surface area (Å²) in [4.78, 5) is 12.9. The number of aromatic nitrogens is 2. The minimum Gasteiger partial charge on any atom is -0.480 e. The summed E-state index contributed by atoms with van der Waals surface area (Å²) < 4.78 is 1.89. The molecule has 1 aromatic heterocycles. The van der Waals surface area contributed by atoms with Crippen LogP contribution in [-0.2, 0) is 4.79 Å². The average Bonchev–Trinajstić information content (AvgIpc) is 2.75. The van der Waals surface area contributed by atoms with Gasteiger partial charge in [0.2, 0.25) is 0 Å². The van der Waals surface area contributed by atoms with Crippen LogP contribution in [0.3, 0.4) is 0 Å². The molecule has 0 spiro atoms. The average molecular weight is 238 g/mol. The molecule has 2 heterocycles. The molecule has 1 aromatic rings. The molecule has 2 rings (SSSR count). The standard InChI is InChI=1S/C11H18N4O2/c1-8(11(16)17)14-5-2-9(3-6-14)15-7-4-10(12)13-15/h4,7-9H,2-3,5-6H2,1H3,(H2,12,13)(H,16,17). The molecule has 3 N–H and O–H groups in total. The smallest absolute Gasteiger partial charge is 0.320 e. The van der Waals surface area contributed by atoms with Gasteiger partial charge in [-0.15, -0.1) is 0 Å². The molecular formula is C11H18N4O2. The van der Waals surface area contributed by atoms with Crippen LogP contribution in [0, 0.1) is 0 Å². The number of nitrogens with two attached hydrogens (primary N) is 1. The van der Waals surface area contributed by atoms with Crippen LogP contribution in [0.2, 0.25) is 0 Å². The molecule has 1 fully saturated rings. The van der Waals surface area contributed by atoms with Gasteiger partial charge in [-0.1, -0.05) is 0 Å². The molecule has 0 saturated carbocycles. The fourth-order valence-corrected chi connectivity index (χ4v) is 2.25. The number of carbonyl (C=O) groups is 1. The van der Waals surface area contributed by atoms with E-state index in [4.69, 9.17) is 10.8 Å². The van der Waals surface area contributed by atoms with Crippen molar-refractivity contribution < 1.29 is 9.90 Å². The summed E-state index contributed by atoms with van der Waals surface area (Å²) in [6.45, 7) is 3.31. The van der Waals surface area contributed by atoms with Crippen LogP contribution in [0.1, 0.15) is 25.8 Å². The Bertz CT molecular complexity index is 396. The van der Waals surface area contributed by atoms with Gasteiger partial charge in [-0.2, -0.15) is 5.10 Å². The van der Waals surface area contributed by atoms with Crippen LogP contribution in [-0.4, -0.2) is 44.9 Å². The van der Waals surface area contributed by atoms with E-state index in [1.165, 1.54) is 0 Å². The maximum Gasteiger partial charge on any atom is 0.320 e. The predicted octanol–water partition coefficient (Wildman–Crippen LogP) is 0.575. The molecule has 1 aliphatic heterocycles. The zero-order valence-corrected chi connectivity index (χ0v) is 9.91. The molecule has 0 radical (unpaired) electrons. The molecule has 0 bridgehead atoms. The van der Waals surface area contributed by atoms with Crippen LogP contribution >= 0.6 is 0 Å². The molecule has 1 atom stereocenters. The third kappa shape index (κ3) is 2.58. The molecule has 17 heavy (non-hydrogen) atoms. The summed E-state index contributed by atoms with van der Waals surface area (Å²) in [5.41, 5.74) is 5.58. The van der Waals surface area contributed by atoms with Gasteiger partial charge < -0.3 is 10.8 Å². The normalized spacial score (nSPS) is 20.3. The lowest BCUT2D eigenvalue weighted by Gasteiger charge is -2.34. The topological polar surface area (TPSA) is 84.4 Å². The van der Waals surface area contributed by atoms with Crippen molar-refractivity contribution in [1.29, 1.82) is 0 Å². The molecule has 0 amide bonds. The van der Waals surface area contributed by atoms with Crippen LogP contribution in [0.4, 0.5) is 5.82 Å². The maximum absolute atomic E-state index is 10.9. The highest BCUT2D eigenvalue weighted by molar-refractivity contribution is 5.72. The fraction of sp³-hybridized carbons (Fsp3) is 0.636. The summed E-state index contributed by atoms with van der Waals surface area (Å²) in [5, 5.41) is 13.1. The Morgan fingerprint density at radius 1 is 1.59 bits per heavy atom. The SMILES string of the molecule is CC(C(=O)O)N1CCC(n2ccc(N)n2)CC1. The lowest BCUT2D eigenvalue weighted by molar-refractivity contribution is -0.143. The van der Waals surface area contributed by atoms with E-state index in [2.05, 4.69) is 5.10 Å². The Labute approximate surface area is 100 Å². The minimum absolute atomic E-state index is 0.338. The highest BCUT2D eigenvalue weighted by Crippen LogP contribution is 2.23. The lowest BCUT2D eigenvalue weighted by atomic mass is 10.0. The van der Waals surface area contributed by atoms with Crippen molar-refractivity contribution in [2.45, 2.75) is 31.8 Å². The number of piperidine rings is 1. The third-order valence-corrected chi connectivity index (χ3v) is 3.41. The second kappa shape index (κ2) is 4.75. The number of carboxylic acid groups (broad SMARTS) is 1.